The molecule has 1 aliphatic carbocycles. The molecule has 0 saturated heterocycles. The second kappa shape index (κ2) is 5.38. The Morgan fingerprint density at radius 2 is 1.76 bits per heavy atom. The van der Waals surface area contributed by atoms with Crippen LogP contribution in [0.4, 0.5) is 0 Å². The van der Waals surface area contributed by atoms with Crippen LogP contribution in [-0.2, 0) is 4.79 Å². The third kappa shape index (κ3) is 7.37. The van der Waals surface area contributed by atoms with Gasteiger partial charge in [0.1, 0.15) is 0 Å². The fourth-order valence-electron chi connectivity index (χ4n) is 2.50. The van der Waals surface area contributed by atoms with Crippen molar-refractivity contribution in [2.24, 2.45) is 11.3 Å². The summed E-state index contributed by atoms with van der Waals surface area (Å²) in [6, 6.07) is 0. The van der Waals surface area contributed by atoms with Gasteiger partial charge in [-0.3, -0.25) is 4.79 Å². The molecular formula is C14H28N2O. The lowest BCUT2D eigenvalue weighted by Gasteiger charge is -2.33. The van der Waals surface area contributed by atoms with Crippen molar-refractivity contribution >= 4 is 5.91 Å². The number of nitrogens with one attached hydrogen (secondary N) is 2. The Kier molecular flexibility index (Phi) is 4.59. The highest BCUT2D eigenvalue weighted by Crippen LogP contribution is 2.28. The van der Waals surface area contributed by atoms with Crippen molar-refractivity contribution in [3.8, 4) is 0 Å². The number of rotatable bonds is 6. The Morgan fingerprint density at radius 1 is 1.18 bits per heavy atom. The molecule has 100 valence electrons. The largest absolute Gasteiger partial charge is 0.350 e. The smallest absolute Gasteiger partial charge is 0.234 e. The summed E-state index contributed by atoms with van der Waals surface area (Å²) in [4.78, 5) is 11.8. The first-order valence-corrected chi connectivity index (χ1v) is 6.70. The van der Waals surface area contributed by atoms with Crippen LogP contribution in [0.5, 0.6) is 0 Å². The minimum atomic E-state index is -0.128. The second-order valence-corrected chi connectivity index (χ2v) is 7.24. The number of amides is 1. The fraction of sp³-hybridized carbons (Fsp3) is 0.929. The molecule has 3 nitrogen and oxygen atoms in total. The minimum Gasteiger partial charge on any atom is -0.350 e. The topological polar surface area (TPSA) is 41.1 Å². The third-order valence-corrected chi connectivity index (χ3v) is 2.87. The first-order chi connectivity index (χ1) is 7.68. The Bertz CT molecular complexity index is 262. The van der Waals surface area contributed by atoms with Crippen molar-refractivity contribution in [3.63, 3.8) is 0 Å². The zero-order chi connectivity index (χ0) is 13.1. The molecule has 1 amide bonds. The van der Waals surface area contributed by atoms with Gasteiger partial charge in [-0.1, -0.05) is 20.8 Å². The number of carbonyl (C=O) groups excluding carboxylic acids is 1. The summed E-state index contributed by atoms with van der Waals surface area (Å²) in [6.07, 6.45) is 3.63. The Labute approximate surface area is 106 Å². The molecule has 0 unspecified atom stereocenters. The molecule has 3 heteroatoms. The van der Waals surface area contributed by atoms with E-state index in [1.165, 1.54) is 12.8 Å². The average molecular weight is 240 g/mol. The lowest BCUT2D eigenvalue weighted by Crippen LogP contribution is -2.48. The van der Waals surface area contributed by atoms with Gasteiger partial charge in [0.25, 0.3) is 0 Å². The molecule has 2 N–H and O–H groups in total. The predicted octanol–water partition coefficient (Wildman–Crippen LogP) is 2.32. The van der Waals surface area contributed by atoms with E-state index < -0.39 is 0 Å². The highest BCUT2D eigenvalue weighted by molar-refractivity contribution is 5.78. The molecule has 0 aromatic carbocycles. The molecular weight excluding hydrogens is 212 g/mol. The molecule has 1 aliphatic rings. The van der Waals surface area contributed by atoms with Crippen LogP contribution in [0.2, 0.25) is 0 Å². The van der Waals surface area contributed by atoms with E-state index in [-0.39, 0.29) is 16.9 Å². The Balaban J connectivity index is 2.22. The van der Waals surface area contributed by atoms with Crippen LogP contribution in [0.15, 0.2) is 0 Å². The van der Waals surface area contributed by atoms with Crippen molar-refractivity contribution < 1.29 is 4.79 Å². The molecule has 0 aromatic heterocycles. The van der Waals surface area contributed by atoms with Crippen molar-refractivity contribution in [1.29, 1.82) is 0 Å². The van der Waals surface area contributed by atoms with Crippen molar-refractivity contribution in [1.82, 2.24) is 10.6 Å². The van der Waals surface area contributed by atoms with Gasteiger partial charge in [0.05, 0.1) is 6.54 Å². The van der Waals surface area contributed by atoms with Crippen molar-refractivity contribution in [3.05, 3.63) is 0 Å². The van der Waals surface area contributed by atoms with Crippen molar-refractivity contribution in [2.45, 2.75) is 59.4 Å². The van der Waals surface area contributed by atoms with E-state index in [2.05, 4.69) is 45.3 Å². The third-order valence-electron chi connectivity index (χ3n) is 2.87. The number of carbonyl (C=O) groups is 1. The predicted molar refractivity (Wildman–Crippen MR) is 71.9 cm³/mol. The van der Waals surface area contributed by atoms with Crippen LogP contribution in [0.1, 0.15) is 53.9 Å². The summed E-state index contributed by atoms with van der Waals surface area (Å²) in [5, 5.41) is 6.33. The molecule has 0 aliphatic heterocycles. The molecule has 1 rings (SSSR count). The van der Waals surface area contributed by atoms with Crippen LogP contribution >= 0.6 is 0 Å². The molecule has 0 heterocycles. The van der Waals surface area contributed by atoms with Crippen LogP contribution < -0.4 is 10.6 Å². The quantitative estimate of drug-likeness (QED) is 0.748. The van der Waals surface area contributed by atoms with Gasteiger partial charge in [0.15, 0.2) is 0 Å². The first-order valence-electron chi connectivity index (χ1n) is 6.70. The second-order valence-electron chi connectivity index (χ2n) is 7.24. The van der Waals surface area contributed by atoms with E-state index >= 15 is 0 Å². The molecule has 0 radical (unpaired) electrons. The maximum absolute atomic E-state index is 11.8. The number of hydrogen-bond donors (Lipinski definition) is 2. The van der Waals surface area contributed by atoms with E-state index in [4.69, 9.17) is 0 Å². The summed E-state index contributed by atoms with van der Waals surface area (Å²) in [6.45, 7) is 12.2. The summed E-state index contributed by atoms with van der Waals surface area (Å²) in [7, 11) is 0. The minimum absolute atomic E-state index is 0.111. The van der Waals surface area contributed by atoms with Gasteiger partial charge in [-0.25, -0.2) is 0 Å². The summed E-state index contributed by atoms with van der Waals surface area (Å²) in [5.41, 5.74) is 0.106. The first kappa shape index (κ1) is 14.5. The van der Waals surface area contributed by atoms with Crippen LogP contribution in [0, 0.1) is 11.3 Å². The lowest BCUT2D eigenvalue weighted by atomic mass is 9.82. The highest BCUT2D eigenvalue weighted by atomic mass is 16.2. The van der Waals surface area contributed by atoms with Crippen LogP contribution in [0.25, 0.3) is 0 Å². The molecule has 0 spiro atoms. The lowest BCUT2D eigenvalue weighted by molar-refractivity contribution is -0.122. The van der Waals surface area contributed by atoms with E-state index in [0.29, 0.717) is 6.54 Å². The standard InChI is InChI=1S/C14H28N2O/c1-13(2,3)10-14(4,5)16-12(17)9-15-8-11-6-7-11/h11,15H,6-10H2,1-5H3,(H,16,17). The molecule has 1 fully saturated rings. The highest BCUT2D eigenvalue weighted by Gasteiger charge is 2.27. The van der Waals surface area contributed by atoms with Gasteiger partial charge in [0.2, 0.25) is 5.91 Å². The summed E-state index contributed by atoms with van der Waals surface area (Å²) < 4.78 is 0. The van der Waals surface area contributed by atoms with E-state index in [0.717, 1.165) is 18.9 Å². The van der Waals surface area contributed by atoms with Crippen LogP contribution in [0.3, 0.4) is 0 Å². The maximum atomic E-state index is 11.8. The zero-order valence-corrected chi connectivity index (χ0v) is 12.0. The molecule has 0 bridgehead atoms. The monoisotopic (exact) mass is 240 g/mol. The van der Waals surface area contributed by atoms with Gasteiger partial charge in [0, 0.05) is 5.54 Å². The Hall–Kier alpha value is -0.570. The average Bonchev–Trinajstić information content (AvgIpc) is 2.81. The van der Waals surface area contributed by atoms with Crippen molar-refractivity contribution in [2.75, 3.05) is 13.1 Å². The van der Waals surface area contributed by atoms with E-state index in [1.807, 2.05) is 0 Å². The van der Waals surface area contributed by atoms with Gasteiger partial charge in [-0.15, -0.1) is 0 Å². The van der Waals surface area contributed by atoms with E-state index in [9.17, 15) is 4.79 Å². The molecule has 1 saturated carbocycles. The normalized spacial score (nSPS) is 17.0. The molecule has 0 aromatic rings. The summed E-state index contributed by atoms with van der Waals surface area (Å²) >= 11 is 0. The van der Waals surface area contributed by atoms with Gasteiger partial charge >= 0.3 is 0 Å². The summed E-state index contributed by atoms with van der Waals surface area (Å²) in [5.74, 6) is 0.935. The van der Waals surface area contributed by atoms with Gasteiger partial charge < -0.3 is 10.6 Å². The van der Waals surface area contributed by atoms with Crippen LogP contribution in [-0.4, -0.2) is 24.5 Å². The SMILES string of the molecule is CC(C)(C)CC(C)(C)NC(=O)CNCC1CC1. The fourth-order valence-corrected chi connectivity index (χ4v) is 2.50. The Morgan fingerprint density at radius 3 is 2.24 bits per heavy atom. The van der Waals surface area contributed by atoms with Gasteiger partial charge in [-0.05, 0) is 51.0 Å². The zero-order valence-electron chi connectivity index (χ0n) is 12.0. The van der Waals surface area contributed by atoms with E-state index in [1.54, 1.807) is 0 Å². The molecule has 17 heavy (non-hydrogen) atoms. The van der Waals surface area contributed by atoms with Gasteiger partial charge in [-0.2, -0.15) is 0 Å². The number of hydrogen-bond acceptors (Lipinski definition) is 2. The maximum Gasteiger partial charge on any atom is 0.234 e. The molecule has 0 atom stereocenters.